The van der Waals surface area contributed by atoms with E-state index in [4.69, 9.17) is 15.7 Å². The third kappa shape index (κ3) is 4.41. The number of aromatic nitrogens is 2. The van der Waals surface area contributed by atoms with Crippen molar-refractivity contribution in [2.45, 2.75) is 103 Å². The van der Waals surface area contributed by atoms with Crippen LogP contribution < -0.4 is 10.6 Å². The van der Waals surface area contributed by atoms with Crippen molar-refractivity contribution >= 4 is 11.5 Å². The highest BCUT2D eigenvalue weighted by atomic mass is 15.3. The highest BCUT2D eigenvalue weighted by molar-refractivity contribution is 5.63. The number of hydrogen-bond donors (Lipinski definition) is 1. The molecule has 1 unspecified atom stereocenters. The summed E-state index contributed by atoms with van der Waals surface area (Å²) in [5.41, 5.74) is 13.1. The maximum Gasteiger partial charge on any atom is 0.135 e. The van der Waals surface area contributed by atoms with Gasteiger partial charge in [-0.3, -0.25) is 0 Å². The van der Waals surface area contributed by atoms with Crippen LogP contribution in [-0.2, 0) is 19.3 Å². The molecule has 2 atom stereocenters. The Labute approximate surface area is 211 Å². The molecule has 0 radical (unpaired) electrons. The second-order valence-corrected chi connectivity index (χ2v) is 11.4. The Hall–Kier alpha value is -2.61. The van der Waals surface area contributed by atoms with Gasteiger partial charge in [-0.05, 0) is 67.6 Å². The van der Waals surface area contributed by atoms with E-state index in [1.165, 1.54) is 66.7 Å². The Bertz CT molecular complexity index is 1110. The third-order valence-electron chi connectivity index (χ3n) is 9.11. The fourth-order valence-electron chi connectivity index (χ4n) is 6.89. The minimum absolute atomic E-state index is 0.279. The van der Waals surface area contributed by atoms with Crippen molar-refractivity contribution in [3.63, 3.8) is 0 Å². The number of nitrogens with two attached hydrogens (primary N) is 1. The second kappa shape index (κ2) is 9.80. The number of aryl methyl sites for hydroxylation is 1. The van der Waals surface area contributed by atoms with Crippen LogP contribution in [0, 0.1) is 16.7 Å². The van der Waals surface area contributed by atoms with Crippen molar-refractivity contribution in [2.24, 2.45) is 5.41 Å². The average Bonchev–Trinajstić information content (AvgIpc) is 3.12. The summed E-state index contributed by atoms with van der Waals surface area (Å²) in [5.74, 6) is 2.84. The van der Waals surface area contributed by atoms with Gasteiger partial charge < -0.3 is 10.6 Å². The molecule has 1 saturated carbocycles. The van der Waals surface area contributed by atoms with Crippen molar-refractivity contribution in [2.75, 3.05) is 23.7 Å². The van der Waals surface area contributed by atoms with Crippen LogP contribution in [0.25, 0.3) is 0 Å². The Kier molecular flexibility index (Phi) is 6.75. The van der Waals surface area contributed by atoms with Crippen molar-refractivity contribution in [1.82, 2.24) is 9.97 Å². The molecule has 1 aliphatic heterocycles. The van der Waals surface area contributed by atoms with Crippen LogP contribution in [0.5, 0.6) is 0 Å². The van der Waals surface area contributed by atoms with Crippen molar-refractivity contribution in [1.29, 1.82) is 5.26 Å². The minimum atomic E-state index is 0.279. The maximum absolute atomic E-state index is 10.0. The highest BCUT2D eigenvalue weighted by Crippen LogP contribution is 2.47. The molecule has 1 spiro atoms. The molecule has 0 amide bonds. The third-order valence-corrected chi connectivity index (χ3v) is 9.11. The second-order valence-electron chi connectivity index (χ2n) is 11.4. The van der Waals surface area contributed by atoms with E-state index in [1.54, 1.807) is 0 Å². The number of nitrogens with zero attached hydrogens (tertiary/aromatic N) is 4. The first kappa shape index (κ1) is 24.1. The summed E-state index contributed by atoms with van der Waals surface area (Å²) in [5, 5.41) is 10.0. The van der Waals surface area contributed by atoms with Gasteiger partial charge in [0.2, 0.25) is 0 Å². The molecule has 5 nitrogen and oxygen atoms in total. The minimum Gasteiger partial charge on any atom is -0.398 e. The monoisotopic (exact) mass is 471 g/mol. The van der Waals surface area contributed by atoms with Gasteiger partial charge in [-0.15, -0.1) is 0 Å². The molecule has 2 heterocycles. The molecular weight excluding hydrogens is 430 g/mol. The molecule has 2 fully saturated rings. The van der Waals surface area contributed by atoms with Crippen molar-refractivity contribution in [3.05, 3.63) is 45.9 Å². The predicted octanol–water partition coefficient (Wildman–Crippen LogP) is 6.44. The smallest absolute Gasteiger partial charge is 0.135 e. The van der Waals surface area contributed by atoms with Gasteiger partial charge in [0.25, 0.3) is 0 Å². The van der Waals surface area contributed by atoms with Crippen molar-refractivity contribution < 1.29 is 0 Å². The van der Waals surface area contributed by atoms with Gasteiger partial charge in [0.15, 0.2) is 0 Å². The Morgan fingerprint density at radius 1 is 1.14 bits per heavy atom. The fraction of sp³-hybridized carbons (Fsp3) is 0.633. The van der Waals surface area contributed by atoms with Gasteiger partial charge >= 0.3 is 0 Å². The van der Waals surface area contributed by atoms with E-state index >= 15 is 0 Å². The molecule has 0 bridgehead atoms. The SMILES string of the molecule is CCc1nc2c(c(N3CC4(CCCCCC4)C3)n1)CCC(c1c([C@@H](C)CC)ccc(N)c1C#N)C2. The Morgan fingerprint density at radius 2 is 1.89 bits per heavy atom. The molecule has 3 aliphatic rings. The lowest BCUT2D eigenvalue weighted by Crippen LogP contribution is -2.57. The molecule has 1 aromatic carbocycles. The Balaban J connectivity index is 1.47. The van der Waals surface area contributed by atoms with Crippen molar-refractivity contribution in [3.8, 4) is 6.07 Å². The van der Waals surface area contributed by atoms with E-state index in [0.29, 0.717) is 22.6 Å². The maximum atomic E-state index is 10.0. The molecule has 2 N–H and O–H groups in total. The topological polar surface area (TPSA) is 78.8 Å². The van der Waals surface area contributed by atoms with Crippen LogP contribution in [0.1, 0.15) is 118 Å². The first-order valence-electron chi connectivity index (χ1n) is 13.9. The molecule has 35 heavy (non-hydrogen) atoms. The van der Waals surface area contributed by atoms with Crippen LogP contribution in [-0.4, -0.2) is 23.1 Å². The lowest BCUT2D eigenvalue weighted by atomic mass is 9.72. The number of benzene rings is 1. The molecule has 5 rings (SSSR count). The van der Waals surface area contributed by atoms with Crippen LogP contribution in [0.3, 0.4) is 0 Å². The van der Waals surface area contributed by atoms with Gasteiger partial charge in [-0.25, -0.2) is 9.97 Å². The van der Waals surface area contributed by atoms with E-state index < -0.39 is 0 Å². The molecule has 1 aromatic heterocycles. The van der Waals surface area contributed by atoms with Gasteiger partial charge in [0, 0.05) is 36.2 Å². The van der Waals surface area contributed by atoms with Crippen LogP contribution in [0.4, 0.5) is 11.5 Å². The lowest BCUT2D eigenvalue weighted by molar-refractivity contribution is 0.179. The largest absolute Gasteiger partial charge is 0.398 e. The van der Waals surface area contributed by atoms with Crippen LogP contribution in [0.2, 0.25) is 0 Å². The summed E-state index contributed by atoms with van der Waals surface area (Å²) >= 11 is 0. The van der Waals surface area contributed by atoms with E-state index in [-0.39, 0.29) is 5.92 Å². The summed E-state index contributed by atoms with van der Waals surface area (Å²) in [4.78, 5) is 12.7. The average molecular weight is 472 g/mol. The number of nitriles is 1. The normalized spacial score (nSPS) is 22.1. The molecular formula is C30H41N5. The number of rotatable bonds is 5. The van der Waals surface area contributed by atoms with Gasteiger partial charge in [-0.1, -0.05) is 52.5 Å². The first-order chi connectivity index (χ1) is 17.0. The number of anilines is 2. The van der Waals surface area contributed by atoms with E-state index in [2.05, 4.69) is 37.8 Å². The molecule has 1 saturated heterocycles. The highest BCUT2D eigenvalue weighted by Gasteiger charge is 2.44. The summed E-state index contributed by atoms with van der Waals surface area (Å²) in [6.45, 7) is 8.95. The van der Waals surface area contributed by atoms with E-state index in [0.717, 1.165) is 51.0 Å². The number of hydrogen-bond acceptors (Lipinski definition) is 5. The molecule has 2 aliphatic carbocycles. The lowest BCUT2D eigenvalue weighted by Gasteiger charge is -2.52. The predicted molar refractivity (Wildman–Crippen MR) is 143 cm³/mol. The van der Waals surface area contributed by atoms with Crippen LogP contribution >= 0.6 is 0 Å². The quantitative estimate of drug-likeness (QED) is 0.508. The van der Waals surface area contributed by atoms with E-state index in [1.807, 2.05) is 6.07 Å². The zero-order chi connectivity index (χ0) is 24.6. The van der Waals surface area contributed by atoms with Gasteiger partial charge in [0.05, 0.1) is 11.3 Å². The number of fused-ring (bicyclic) bond motifs is 1. The summed E-state index contributed by atoms with van der Waals surface area (Å²) in [6.07, 6.45) is 13.1. The summed E-state index contributed by atoms with van der Waals surface area (Å²) in [7, 11) is 0. The summed E-state index contributed by atoms with van der Waals surface area (Å²) in [6, 6.07) is 6.52. The summed E-state index contributed by atoms with van der Waals surface area (Å²) < 4.78 is 0. The fourth-order valence-corrected chi connectivity index (χ4v) is 6.89. The Morgan fingerprint density at radius 3 is 2.54 bits per heavy atom. The van der Waals surface area contributed by atoms with Gasteiger partial charge in [-0.2, -0.15) is 5.26 Å². The van der Waals surface area contributed by atoms with Crippen LogP contribution in [0.15, 0.2) is 12.1 Å². The van der Waals surface area contributed by atoms with E-state index in [9.17, 15) is 5.26 Å². The molecule has 2 aromatic rings. The number of nitrogen functional groups attached to an aromatic ring is 1. The zero-order valence-electron chi connectivity index (χ0n) is 21.9. The molecule has 5 heteroatoms. The standard InChI is InChI=1S/C30H41N5/c1-4-20(3)22-12-13-25(32)24(17-31)28(22)21-10-11-23-26(16-21)33-27(5-2)34-29(23)35-18-30(19-35)14-8-6-7-9-15-30/h12-13,20-21H,4-11,14-16,18-19,32H2,1-3H3/t20-,21?/m0/s1. The molecule has 186 valence electrons. The first-order valence-corrected chi connectivity index (χ1v) is 13.9. The van der Waals surface area contributed by atoms with Gasteiger partial charge in [0.1, 0.15) is 17.7 Å². The zero-order valence-corrected chi connectivity index (χ0v) is 21.9.